The highest BCUT2D eigenvalue weighted by Gasteiger charge is 2.45. The van der Waals surface area contributed by atoms with Crippen LogP contribution in [0.1, 0.15) is 24.6 Å². The highest BCUT2D eigenvalue weighted by molar-refractivity contribution is 7.97. The van der Waals surface area contributed by atoms with E-state index < -0.39 is 5.60 Å². The standard InChI is InChI=1S/C16H26N4O4S/c1-23-10-15(21)20-6-4-16(22)3-5-19(7-12(16)8-20)9-14-17-13(11-25-2)18-24-14/h12,22H,3-11H2,1-2H3/t12-,16-/m0/s1. The highest BCUT2D eigenvalue weighted by atomic mass is 32.2. The fraction of sp³-hybridized carbons (Fsp3) is 0.812. The number of likely N-dealkylation sites (tertiary alicyclic amines) is 2. The van der Waals surface area contributed by atoms with Gasteiger partial charge in [-0.2, -0.15) is 16.7 Å². The predicted molar refractivity (Wildman–Crippen MR) is 92.9 cm³/mol. The van der Waals surface area contributed by atoms with E-state index in [0.717, 1.165) is 12.3 Å². The molecule has 9 heteroatoms. The van der Waals surface area contributed by atoms with Crippen molar-refractivity contribution in [2.45, 2.75) is 30.7 Å². The Bertz CT molecular complexity index is 598. The summed E-state index contributed by atoms with van der Waals surface area (Å²) in [5, 5.41) is 14.9. The molecule has 2 aliphatic rings. The van der Waals surface area contributed by atoms with Gasteiger partial charge < -0.3 is 19.3 Å². The van der Waals surface area contributed by atoms with E-state index >= 15 is 0 Å². The molecule has 1 amide bonds. The highest BCUT2D eigenvalue weighted by Crippen LogP contribution is 2.35. The Morgan fingerprint density at radius 1 is 1.44 bits per heavy atom. The van der Waals surface area contributed by atoms with Crippen molar-refractivity contribution >= 4 is 17.7 Å². The minimum atomic E-state index is -0.681. The van der Waals surface area contributed by atoms with Crippen LogP contribution in [0.3, 0.4) is 0 Å². The lowest BCUT2D eigenvalue weighted by molar-refractivity contribution is -0.150. The number of piperidine rings is 2. The molecule has 0 radical (unpaired) electrons. The van der Waals surface area contributed by atoms with Crippen molar-refractivity contribution in [3.8, 4) is 0 Å². The van der Waals surface area contributed by atoms with Crippen LogP contribution in [0, 0.1) is 5.92 Å². The topological polar surface area (TPSA) is 91.9 Å². The Kier molecular flexibility index (Phi) is 5.98. The normalized spacial score (nSPS) is 27.3. The Balaban J connectivity index is 1.59. The fourth-order valence-corrected chi connectivity index (χ4v) is 4.07. The molecule has 2 saturated heterocycles. The molecule has 0 bridgehead atoms. The van der Waals surface area contributed by atoms with Gasteiger partial charge >= 0.3 is 0 Å². The van der Waals surface area contributed by atoms with Crippen LogP contribution in [-0.4, -0.2) is 82.7 Å². The molecule has 1 aromatic heterocycles. The van der Waals surface area contributed by atoms with Crippen molar-refractivity contribution in [1.82, 2.24) is 19.9 Å². The van der Waals surface area contributed by atoms with Gasteiger partial charge in [0.2, 0.25) is 11.8 Å². The van der Waals surface area contributed by atoms with E-state index in [0.29, 0.717) is 50.7 Å². The SMILES string of the molecule is COCC(=O)N1CC[C@@]2(O)CCN(Cc3nc(CSC)no3)C[C@H]2C1. The van der Waals surface area contributed by atoms with Crippen molar-refractivity contribution < 1.29 is 19.2 Å². The Morgan fingerprint density at radius 3 is 3.00 bits per heavy atom. The van der Waals surface area contributed by atoms with Crippen LogP contribution in [0.25, 0.3) is 0 Å². The molecule has 1 N–H and O–H groups in total. The van der Waals surface area contributed by atoms with Crippen LogP contribution in [0.4, 0.5) is 0 Å². The smallest absolute Gasteiger partial charge is 0.248 e. The summed E-state index contributed by atoms with van der Waals surface area (Å²) in [6, 6.07) is 0. The molecule has 2 aliphatic heterocycles. The number of fused-ring (bicyclic) bond motifs is 1. The summed E-state index contributed by atoms with van der Waals surface area (Å²) in [4.78, 5) is 20.5. The Labute approximate surface area is 151 Å². The van der Waals surface area contributed by atoms with Gasteiger partial charge in [-0.1, -0.05) is 5.16 Å². The first-order chi connectivity index (χ1) is 12.0. The van der Waals surface area contributed by atoms with Crippen molar-refractivity contribution in [3.05, 3.63) is 11.7 Å². The summed E-state index contributed by atoms with van der Waals surface area (Å²) in [5.74, 6) is 2.08. The second-order valence-electron chi connectivity index (χ2n) is 6.85. The fourth-order valence-electron chi connectivity index (χ4n) is 3.69. The molecular weight excluding hydrogens is 344 g/mol. The molecule has 0 saturated carbocycles. The molecule has 0 spiro atoms. The number of aromatic nitrogens is 2. The molecule has 140 valence electrons. The molecule has 8 nitrogen and oxygen atoms in total. The van der Waals surface area contributed by atoms with Crippen LogP contribution < -0.4 is 0 Å². The summed E-state index contributed by atoms with van der Waals surface area (Å²) in [5.41, 5.74) is -0.681. The summed E-state index contributed by atoms with van der Waals surface area (Å²) in [6.45, 7) is 3.34. The van der Waals surface area contributed by atoms with Crippen LogP contribution in [0.15, 0.2) is 4.52 Å². The first-order valence-corrected chi connectivity index (χ1v) is 9.95. The zero-order valence-electron chi connectivity index (χ0n) is 14.8. The summed E-state index contributed by atoms with van der Waals surface area (Å²) < 4.78 is 10.3. The molecular formula is C16H26N4O4S. The second-order valence-corrected chi connectivity index (χ2v) is 7.71. The summed E-state index contributed by atoms with van der Waals surface area (Å²) in [6.07, 6.45) is 3.33. The third-order valence-corrected chi connectivity index (χ3v) is 5.66. The van der Waals surface area contributed by atoms with Crippen molar-refractivity contribution in [2.75, 3.05) is 46.2 Å². The van der Waals surface area contributed by atoms with Gasteiger partial charge in [-0.25, -0.2) is 0 Å². The van der Waals surface area contributed by atoms with Crippen molar-refractivity contribution in [2.24, 2.45) is 5.92 Å². The third-order valence-electron chi connectivity index (χ3n) is 5.12. The maximum absolute atomic E-state index is 12.1. The van der Waals surface area contributed by atoms with Gasteiger partial charge in [-0.05, 0) is 19.1 Å². The number of methoxy groups -OCH3 is 1. The monoisotopic (exact) mass is 370 g/mol. The van der Waals surface area contributed by atoms with Crippen LogP contribution in [0.2, 0.25) is 0 Å². The number of amides is 1. The van der Waals surface area contributed by atoms with E-state index in [1.165, 1.54) is 7.11 Å². The zero-order valence-corrected chi connectivity index (χ0v) is 15.6. The number of hydrogen-bond acceptors (Lipinski definition) is 8. The average molecular weight is 370 g/mol. The molecule has 2 fully saturated rings. The first kappa shape index (κ1) is 18.6. The first-order valence-electron chi connectivity index (χ1n) is 8.56. The maximum Gasteiger partial charge on any atom is 0.248 e. The molecule has 3 heterocycles. The predicted octanol–water partition coefficient (Wildman–Crippen LogP) is 0.364. The average Bonchev–Trinajstić information content (AvgIpc) is 3.02. The van der Waals surface area contributed by atoms with E-state index in [2.05, 4.69) is 15.0 Å². The van der Waals surface area contributed by atoms with Crippen molar-refractivity contribution in [1.29, 1.82) is 0 Å². The van der Waals surface area contributed by atoms with E-state index in [1.807, 2.05) is 6.26 Å². The second kappa shape index (κ2) is 8.03. The lowest BCUT2D eigenvalue weighted by Crippen LogP contribution is -2.60. The molecule has 0 aliphatic carbocycles. The van der Waals surface area contributed by atoms with E-state index in [1.54, 1.807) is 16.7 Å². The maximum atomic E-state index is 12.1. The number of nitrogens with zero attached hydrogens (tertiary/aromatic N) is 4. The summed E-state index contributed by atoms with van der Waals surface area (Å²) in [7, 11) is 1.52. The lowest BCUT2D eigenvalue weighted by atomic mass is 9.75. The molecule has 0 unspecified atom stereocenters. The van der Waals surface area contributed by atoms with Gasteiger partial charge in [-0.3, -0.25) is 9.69 Å². The molecule has 3 rings (SSSR count). The molecule has 1 aromatic rings. The minimum absolute atomic E-state index is 0.0136. The third kappa shape index (κ3) is 4.33. The number of aliphatic hydroxyl groups is 1. The van der Waals surface area contributed by atoms with Crippen LogP contribution in [-0.2, 0) is 21.8 Å². The minimum Gasteiger partial charge on any atom is -0.389 e. The zero-order chi connectivity index (χ0) is 17.9. The van der Waals surface area contributed by atoms with E-state index in [4.69, 9.17) is 9.26 Å². The van der Waals surface area contributed by atoms with Gasteiger partial charge in [0.1, 0.15) is 6.61 Å². The van der Waals surface area contributed by atoms with Gasteiger partial charge in [0, 0.05) is 39.2 Å². The van der Waals surface area contributed by atoms with Gasteiger partial charge in [0.25, 0.3) is 0 Å². The molecule has 0 aromatic carbocycles. The van der Waals surface area contributed by atoms with Gasteiger partial charge in [0.05, 0.1) is 17.9 Å². The van der Waals surface area contributed by atoms with Gasteiger partial charge in [-0.15, -0.1) is 0 Å². The molecule has 25 heavy (non-hydrogen) atoms. The number of rotatable bonds is 6. The number of carbonyl (C=O) groups excluding carboxylic acids is 1. The number of thioether (sulfide) groups is 1. The lowest BCUT2D eigenvalue weighted by Gasteiger charge is -2.50. The quantitative estimate of drug-likeness (QED) is 0.768. The number of ether oxygens (including phenoxy) is 1. The van der Waals surface area contributed by atoms with Crippen LogP contribution >= 0.6 is 11.8 Å². The van der Waals surface area contributed by atoms with Gasteiger partial charge in [0.15, 0.2) is 5.82 Å². The largest absolute Gasteiger partial charge is 0.389 e. The van der Waals surface area contributed by atoms with E-state index in [9.17, 15) is 9.90 Å². The van der Waals surface area contributed by atoms with E-state index in [-0.39, 0.29) is 18.4 Å². The number of hydrogen-bond donors (Lipinski definition) is 1. The van der Waals surface area contributed by atoms with Crippen molar-refractivity contribution in [3.63, 3.8) is 0 Å². The van der Waals surface area contributed by atoms with Crippen LogP contribution in [0.5, 0.6) is 0 Å². The summed E-state index contributed by atoms with van der Waals surface area (Å²) >= 11 is 1.66. The Hall–Kier alpha value is -1.16. The number of carbonyl (C=O) groups is 1. The Morgan fingerprint density at radius 2 is 2.24 bits per heavy atom. The molecule has 2 atom stereocenters.